The minimum Gasteiger partial charge on any atom is -0.867 e. The number of rotatable bonds is 3. The van der Waals surface area contributed by atoms with Crippen LogP contribution in [0.1, 0.15) is 5.56 Å². The third-order valence-electron chi connectivity index (χ3n) is 2.38. The van der Waals surface area contributed by atoms with E-state index in [0.29, 0.717) is 5.69 Å². The van der Waals surface area contributed by atoms with Gasteiger partial charge in [0.2, 0.25) is 0 Å². The Morgan fingerprint density at radius 1 is 1.21 bits per heavy atom. The summed E-state index contributed by atoms with van der Waals surface area (Å²) in [6, 6.07) is 9.44. The van der Waals surface area contributed by atoms with Crippen LogP contribution in [0.15, 0.2) is 47.5 Å². The number of aliphatic imine (C=N–C) groups is 1. The van der Waals surface area contributed by atoms with Crippen molar-refractivity contribution < 1.29 is 14.4 Å². The lowest BCUT2D eigenvalue weighted by atomic mass is 10.2. The Morgan fingerprint density at radius 3 is 2.63 bits per heavy atom. The van der Waals surface area contributed by atoms with Gasteiger partial charge in [0.15, 0.2) is 0 Å². The number of benzene rings is 2. The Labute approximate surface area is 107 Å². The molecule has 96 valence electrons. The predicted molar refractivity (Wildman–Crippen MR) is 66.2 cm³/mol. The van der Waals surface area contributed by atoms with E-state index < -0.39 is 22.2 Å². The van der Waals surface area contributed by atoms with Crippen molar-refractivity contribution in [1.29, 1.82) is 0 Å². The fraction of sp³-hybridized carbons (Fsp3) is 0. The zero-order valence-corrected chi connectivity index (χ0v) is 9.62. The molecule has 19 heavy (non-hydrogen) atoms. The van der Waals surface area contributed by atoms with Crippen molar-refractivity contribution in [2.45, 2.75) is 0 Å². The minimum atomic E-state index is -0.748. The van der Waals surface area contributed by atoms with Gasteiger partial charge in [-0.2, -0.15) is 0 Å². The van der Waals surface area contributed by atoms with Crippen molar-refractivity contribution in [1.82, 2.24) is 0 Å². The van der Waals surface area contributed by atoms with E-state index in [1.54, 1.807) is 6.07 Å². The van der Waals surface area contributed by atoms with Gasteiger partial charge in [-0.05, 0) is 29.5 Å². The number of hydrogen-bond acceptors (Lipinski definition) is 4. The number of nitro groups is 1. The van der Waals surface area contributed by atoms with Crippen molar-refractivity contribution in [2.75, 3.05) is 0 Å². The van der Waals surface area contributed by atoms with Crippen LogP contribution in [0.2, 0.25) is 0 Å². The lowest BCUT2D eigenvalue weighted by Crippen LogP contribution is -2.01. The summed E-state index contributed by atoms with van der Waals surface area (Å²) >= 11 is 0. The van der Waals surface area contributed by atoms with Crippen molar-refractivity contribution in [3.63, 3.8) is 0 Å². The van der Waals surface area contributed by atoms with E-state index in [1.807, 2.05) is 0 Å². The molecule has 0 bridgehead atoms. The third kappa shape index (κ3) is 2.92. The molecule has 0 spiro atoms. The van der Waals surface area contributed by atoms with Crippen molar-refractivity contribution in [3.8, 4) is 5.75 Å². The van der Waals surface area contributed by atoms with Gasteiger partial charge in [-0.1, -0.05) is 18.2 Å². The normalized spacial score (nSPS) is 10.8. The van der Waals surface area contributed by atoms with Gasteiger partial charge >= 0.3 is 0 Å². The summed E-state index contributed by atoms with van der Waals surface area (Å²) in [6.07, 6.45) is 1.18. The smallest absolute Gasteiger partial charge is 0.262 e. The molecule has 0 saturated heterocycles. The summed E-state index contributed by atoms with van der Waals surface area (Å²) in [4.78, 5) is 13.8. The monoisotopic (exact) mass is 259 g/mol. The first-order valence-corrected chi connectivity index (χ1v) is 5.32. The second kappa shape index (κ2) is 5.26. The van der Waals surface area contributed by atoms with Crippen LogP contribution in [0, 0.1) is 15.9 Å². The SMILES string of the molecule is O=[N+]([O-])c1cccc(C=Nc2cccc(F)c2)c1[O-]. The van der Waals surface area contributed by atoms with E-state index in [2.05, 4.69) is 4.99 Å². The fourth-order valence-corrected chi connectivity index (χ4v) is 1.49. The van der Waals surface area contributed by atoms with Crippen LogP contribution in [-0.2, 0) is 0 Å². The molecule has 0 amide bonds. The Bertz CT molecular complexity index is 656. The van der Waals surface area contributed by atoms with Gasteiger partial charge < -0.3 is 5.11 Å². The highest BCUT2D eigenvalue weighted by Gasteiger charge is 2.07. The maximum atomic E-state index is 12.9. The van der Waals surface area contributed by atoms with E-state index in [4.69, 9.17) is 0 Å². The third-order valence-corrected chi connectivity index (χ3v) is 2.38. The highest BCUT2D eigenvalue weighted by Crippen LogP contribution is 2.25. The van der Waals surface area contributed by atoms with E-state index in [9.17, 15) is 19.6 Å². The second-order valence-electron chi connectivity index (χ2n) is 3.69. The first-order chi connectivity index (χ1) is 9.08. The molecule has 0 unspecified atom stereocenters. The van der Waals surface area contributed by atoms with Crippen LogP contribution >= 0.6 is 0 Å². The van der Waals surface area contributed by atoms with Crippen LogP contribution < -0.4 is 5.11 Å². The van der Waals surface area contributed by atoms with Crippen molar-refractivity contribution >= 4 is 17.6 Å². The maximum Gasteiger partial charge on any atom is 0.262 e. The largest absolute Gasteiger partial charge is 0.867 e. The molecular weight excluding hydrogens is 251 g/mol. The van der Waals surface area contributed by atoms with Crippen LogP contribution in [0.3, 0.4) is 0 Å². The molecule has 0 radical (unpaired) electrons. The molecule has 5 nitrogen and oxygen atoms in total. The van der Waals surface area contributed by atoms with Gasteiger partial charge in [-0.15, -0.1) is 0 Å². The van der Waals surface area contributed by atoms with Gasteiger partial charge in [-0.3, -0.25) is 15.1 Å². The zero-order valence-electron chi connectivity index (χ0n) is 9.62. The number of nitro benzene ring substituents is 1. The van der Waals surface area contributed by atoms with Gasteiger partial charge in [0, 0.05) is 12.3 Å². The predicted octanol–water partition coefficient (Wildman–Crippen LogP) is 2.56. The Balaban J connectivity index is 2.34. The molecule has 6 heteroatoms. The van der Waals surface area contributed by atoms with Gasteiger partial charge in [0.05, 0.1) is 10.6 Å². The molecule has 2 aromatic rings. The average Bonchev–Trinajstić information content (AvgIpc) is 2.37. The van der Waals surface area contributed by atoms with Gasteiger partial charge in [0.1, 0.15) is 5.82 Å². The number of para-hydroxylation sites is 1. The maximum absolute atomic E-state index is 12.9. The average molecular weight is 259 g/mol. The molecule has 0 aliphatic rings. The van der Waals surface area contributed by atoms with Crippen LogP contribution in [-0.4, -0.2) is 11.1 Å². The van der Waals surface area contributed by atoms with E-state index in [-0.39, 0.29) is 5.56 Å². The molecule has 0 N–H and O–H groups in total. The quantitative estimate of drug-likeness (QED) is 0.482. The van der Waals surface area contributed by atoms with Gasteiger partial charge in [0.25, 0.3) is 5.69 Å². The first kappa shape index (κ1) is 12.7. The lowest BCUT2D eigenvalue weighted by Gasteiger charge is -2.09. The summed E-state index contributed by atoms with van der Waals surface area (Å²) in [5.74, 6) is -1.16. The summed E-state index contributed by atoms with van der Waals surface area (Å²) in [5, 5.41) is 22.3. The summed E-state index contributed by atoms with van der Waals surface area (Å²) < 4.78 is 12.9. The molecule has 0 fully saturated rings. The van der Waals surface area contributed by atoms with E-state index in [0.717, 1.165) is 6.07 Å². The zero-order chi connectivity index (χ0) is 13.8. The highest BCUT2D eigenvalue weighted by atomic mass is 19.1. The molecular formula is C13H8FN2O3-. The molecule has 0 aliphatic carbocycles. The molecule has 0 aliphatic heterocycles. The summed E-state index contributed by atoms with van der Waals surface area (Å²) in [6.45, 7) is 0. The molecule has 0 aromatic heterocycles. The Morgan fingerprint density at radius 2 is 1.95 bits per heavy atom. The van der Waals surface area contributed by atoms with Gasteiger partial charge in [-0.25, -0.2) is 4.39 Å². The molecule has 0 saturated carbocycles. The number of halogens is 1. The molecule has 2 aromatic carbocycles. The first-order valence-electron chi connectivity index (χ1n) is 5.32. The lowest BCUT2D eigenvalue weighted by molar-refractivity contribution is -0.398. The summed E-state index contributed by atoms with van der Waals surface area (Å²) in [5.41, 5.74) is -0.104. The highest BCUT2D eigenvalue weighted by molar-refractivity contribution is 5.87. The standard InChI is InChI=1S/C13H9FN2O3/c14-10-4-2-5-11(7-10)15-8-9-3-1-6-12(13(9)17)16(18)19/h1-8,17H/p-1. The van der Waals surface area contributed by atoms with Crippen molar-refractivity contribution in [3.05, 3.63) is 64.0 Å². The van der Waals surface area contributed by atoms with E-state index in [1.165, 1.54) is 36.5 Å². The fourth-order valence-electron chi connectivity index (χ4n) is 1.49. The minimum absolute atomic E-state index is 0.0819. The molecule has 2 rings (SSSR count). The van der Waals surface area contributed by atoms with Crippen molar-refractivity contribution in [2.24, 2.45) is 4.99 Å². The van der Waals surface area contributed by atoms with E-state index >= 15 is 0 Å². The van der Waals surface area contributed by atoms with Crippen LogP contribution in [0.5, 0.6) is 5.75 Å². The number of nitrogens with zero attached hydrogens (tertiary/aromatic N) is 2. The molecule has 0 heterocycles. The molecule has 0 atom stereocenters. The Hall–Kier alpha value is -2.76. The number of hydrogen-bond donors (Lipinski definition) is 0. The second-order valence-corrected chi connectivity index (χ2v) is 3.69. The Kier molecular flexibility index (Phi) is 3.51. The van der Waals surface area contributed by atoms with Crippen LogP contribution in [0.25, 0.3) is 0 Å². The van der Waals surface area contributed by atoms with Crippen LogP contribution in [0.4, 0.5) is 15.8 Å². The topological polar surface area (TPSA) is 78.6 Å². The summed E-state index contributed by atoms with van der Waals surface area (Å²) in [7, 11) is 0.